The van der Waals surface area contributed by atoms with Gasteiger partial charge in [-0.2, -0.15) is 0 Å². The van der Waals surface area contributed by atoms with Gasteiger partial charge in [0.05, 0.1) is 23.3 Å². The molecule has 0 spiro atoms. The third-order valence-electron chi connectivity index (χ3n) is 5.70. The molecule has 1 aromatic carbocycles. The van der Waals surface area contributed by atoms with Crippen LogP contribution < -0.4 is 10.6 Å². The Kier molecular flexibility index (Phi) is 6.44. The van der Waals surface area contributed by atoms with E-state index in [-0.39, 0.29) is 12.4 Å². The Morgan fingerprint density at radius 1 is 0.971 bits per heavy atom. The number of rotatable bonds is 10. The van der Waals surface area contributed by atoms with Gasteiger partial charge in [-0.15, -0.1) is 0 Å². The van der Waals surface area contributed by atoms with E-state index in [4.69, 9.17) is 9.40 Å². The molecule has 0 atom stereocenters. The summed E-state index contributed by atoms with van der Waals surface area (Å²) >= 11 is 0. The van der Waals surface area contributed by atoms with E-state index in [1.165, 1.54) is 11.6 Å². The lowest BCUT2D eigenvalue weighted by Gasteiger charge is -2.06. The summed E-state index contributed by atoms with van der Waals surface area (Å²) in [5.41, 5.74) is 3.81. The largest absolute Gasteiger partial charge is 0.440 e. The lowest BCUT2D eigenvalue weighted by atomic mass is 10.3. The highest BCUT2D eigenvalue weighted by Crippen LogP contribution is 2.22. The van der Waals surface area contributed by atoms with E-state index in [1.807, 2.05) is 12.1 Å². The van der Waals surface area contributed by atoms with Crippen LogP contribution in [0.15, 0.2) is 59.3 Å². The molecule has 9 heteroatoms. The number of halogens is 1. The molecule has 0 aliphatic carbocycles. The normalized spacial score (nSPS) is 11.5. The van der Waals surface area contributed by atoms with Crippen molar-refractivity contribution < 1.29 is 8.81 Å². The molecule has 174 valence electrons. The summed E-state index contributed by atoms with van der Waals surface area (Å²) in [5, 5.41) is 6.57. The zero-order valence-electron chi connectivity index (χ0n) is 19.0. The SMILES string of the molecule is CCn1c(CCNCCc2nc3c(NCc4ncccc4F)nccc3o2)nc2ccccc21. The molecule has 4 heterocycles. The zero-order valence-corrected chi connectivity index (χ0v) is 19.0. The van der Waals surface area contributed by atoms with Crippen LogP contribution in [0.1, 0.15) is 24.3 Å². The third-order valence-corrected chi connectivity index (χ3v) is 5.70. The van der Waals surface area contributed by atoms with Crippen LogP contribution in [-0.2, 0) is 25.9 Å². The summed E-state index contributed by atoms with van der Waals surface area (Å²) in [6.07, 6.45) is 4.70. The van der Waals surface area contributed by atoms with E-state index < -0.39 is 0 Å². The fourth-order valence-electron chi connectivity index (χ4n) is 4.04. The number of anilines is 1. The molecule has 5 aromatic rings. The fourth-order valence-corrected chi connectivity index (χ4v) is 4.04. The molecule has 0 saturated carbocycles. The van der Waals surface area contributed by atoms with Crippen LogP contribution in [0.4, 0.5) is 10.2 Å². The van der Waals surface area contributed by atoms with Gasteiger partial charge >= 0.3 is 0 Å². The average Bonchev–Trinajstić information content (AvgIpc) is 3.44. The molecular formula is C25H26FN7O. The smallest absolute Gasteiger partial charge is 0.196 e. The lowest BCUT2D eigenvalue weighted by Crippen LogP contribution is -2.21. The molecule has 4 aromatic heterocycles. The summed E-state index contributed by atoms with van der Waals surface area (Å²) < 4.78 is 22.0. The summed E-state index contributed by atoms with van der Waals surface area (Å²) in [6, 6.07) is 13.0. The predicted octanol–water partition coefficient (Wildman–Crippen LogP) is 4.11. The lowest BCUT2D eigenvalue weighted by molar-refractivity contribution is 0.514. The predicted molar refractivity (Wildman–Crippen MR) is 129 cm³/mol. The number of benzene rings is 1. The number of nitrogens with one attached hydrogen (secondary N) is 2. The van der Waals surface area contributed by atoms with Crippen LogP contribution in [-0.4, -0.2) is 37.6 Å². The molecule has 8 nitrogen and oxygen atoms in total. The van der Waals surface area contributed by atoms with E-state index in [1.54, 1.807) is 24.5 Å². The van der Waals surface area contributed by atoms with Crippen molar-refractivity contribution in [2.75, 3.05) is 18.4 Å². The molecular weight excluding hydrogens is 433 g/mol. The van der Waals surface area contributed by atoms with Gasteiger partial charge in [-0.05, 0) is 31.2 Å². The molecule has 34 heavy (non-hydrogen) atoms. The molecule has 0 amide bonds. The minimum Gasteiger partial charge on any atom is -0.440 e. The Balaban J connectivity index is 1.17. The molecule has 0 bridgehead atoms. The molecule has 0 unspecified atom stereocenters. The first kappa shape index (κ1) is 22.0. The molecule has 0 saturated heterocycles. The van der Waals surface area contributed by atoms with Crippen molar-refractivity contribution in [1.29, 1.82) is 0 Å². The maximum absolute atomic E-state index is 13.8. The van der Waals surface area contributed by atoms with Gasteiger partial charge in [-0.25, -0.2) is 19.3 Å². The van der Waals surface area contributed by atoms with Crippen LogP contribution in [0.2, 0.25) is 0 Å². The molecule has 0 fully saturated rings. The van der Waals surface area contributed by atoms with Gasteiger partial charge < -0.3 is 19.6 Å². The number of hydrogen-bond donors (Lipinski definition) is 2. The third kappa shape index (κ3) is 4.60. The number of pyridine rings is 2. The first-order valence-electron chi connectivity index (χ1n) is 11.5. The quantitative estimate of drug-likeness (QED) is 0.304. The maximum Gasteiger partial charge on any atom is 0.196 e. The van der Waals surface area contributed by atoms with Crippen molar-refractivity contribution in [3.8, 4) is 0 Å². The van der Waals surface area contributed by atoms with Gasteiger partial charge in [-0.3, -0.25) is 4.98 Å². The summed E-state index contributed by atoms with van der Waals surface area (Å²) in [7, 11) is 0. The van der Waals surface area contributed by atoms with Crippen molar-refractivity contribution in [3.05, 3.63) is 78.1 Å². The minimum absolute atomic E-state index is 0.213. The van der Waals surface area contributed by atoms with E-state index in [0.29, 0.717) is 34.9 Å². The molecule has 0 radical (unpaired) electrons. The monoisotopic (exact) mass is 459 g/mol. The highest BCUT2D eigenvalue weighted by molar-refractivity contribution is 5.83. The van der Waals surface area contributed by atoms with Gasteiger partial charge in [0.15, 0.2) is 22.8 Å². The summed E-state index contributed by atoms with van der Waals surface area (Å²) in [4.78, 5) is 17.8. The van der Waals surface area contributed by atoms with Crippen molar-refractivity contribution in [3.63, 3.8) is 0 Å². The van der Waals surface area contributed by atoms with Crippen LogP contribution in [0, 0.1) is 5.82 Å². The van der Waals surface area contributed by atoms with Crippen molar-refractivity contribution in [1.82, 2.24) is 29.8 Å². The molecule has 0 aliphatic rings. The van der Waals surface area contributed by atoms with Crippen LogP contribution in [0.3, 0.4) is 0 Å². The Morgan fingerprint density at radius 3 is 2.74 bits per heavy atom. The number of oxazole rings is 1. The number of aryl methyl sites for hydroxylation is 1. The van der Waals surface area contributed by atoms with Gasteiger partial charge in [0.2, 0.25) is 0 Å². The van der Waals surface area contributed by atoms with Gasteiger partial charge in [0.25, 0.3) is 0 Å². The molecule has 5 rings (SSSR count). The van der Waals surface area contributed by atoms with E-state index in [9.17, 15) is 4.39 Å². The summed E-state index contributed by atoms with van der Waals surface area (Å²) in [5.74, 6) is 1.90. The second kappa shape index (κ2) is 9.96. The van der Waals surface area contributed by atoms with Gasteiger partial charge in [-0.1, -0.05) is 12.1 Å². The van der Waals surface area contributed by atoms with E-state index in [2.05, 4.69) is 49.2 Å². The minimum atomic E-state index is -0.358. The summed E-state index contributed by atoms with van der Waals surface area (Å²) in [6.45, 7) is 4.80. The Bertz CT molecular complexity index is 1410. The number of imidazole rings is 1. The average molecular weight is 460 g/mol. The first-order valence-corrected chi connectivity index (χ1v) is 11.5. The van der Waals surface area contributed by atoms with E-state index >= 15 is 0 Å². The number of aromatic nitrogens is 5. The Morgan fingerprint density at radius 2 is 1.85 bits per heavy atom. The highest BCUT2D eigenvalue weighted by Gasteiger charge is 2.12. The second-order valence-electron chi connectivity index (χ2n) is 7.91. The first-order chi connectivity index (χ1) is 16.7. The Hall–Kier alpha value is -3.85. The Labute approximate surface area is 196 Å². The van der Waals surface area contributed by atoms with Gasteiger partial charge in [0.1, 0.15) is 11.6 Å². The number of fused-ring (bicyclic) bond motifs is 2. The maximum atomic E-state index is 13.8. The van der Waals surface area contributed by atoms with Crippen LogP contribution in [0.25, 0.3) is 22.1 Å². The van der Waals surface area contributed by atoms with Crippen molar-refractivity contribution in [2.45, 2.75) is 32.9 Å². The highest BCUT2D eigenvalue weighted by atomic mass is 19.1. The van der Waals surface area contributed by atoms with Crippen molar-refractivity contribution in [2.24, 2.45) is 0 Å². The number of hydrogen-bond acceptors (Lipinski definition) is 7. The molecule has 2 N–H and O–H groups in total. The second-order valence-corrected chi connectivity index (χ2v) is 7.91. The molecule has 0 aliphatic heterocycles. The van der Waals surface area contributed by atoms with Crippen molar-refractivity contribution >= 4 is 28.0 Å². The number of para-hydroxylation sites is 2. The standard InChI is InChI=1S/C25H26FN7O/c1-2-33-20-8-4-3-7-18(20)31-22(33)10-13-27-14-11-23-32-24-21(34-23)9-15-29-25(24)30-16-19-17(26)6-5-12-28-19/h3-9,12,15,27H,2,10-11,13-14,16H2,1H3,(H,29,30). The zero-order chi connectivity index (χ0) is 23.3. The van der Waals surface area contributed by atoms with E-state index in [0.717, 1.165) is 37.4 Å². The van der Waals surface area contributed by atoms with Gasteiger partial charge in [0, 0.05) is 50.9 Å². The number of nitrogens with zero attached hydrogens (tertiary/aromatic N) is 5. The van der Waals surface area contributed by atoms with Crippen LogP contribution in [0.5, 0.6) is 0 Å². The van der Waals surface area contributed by atoms with Crippen LogP contribution >= 0.6 is 0 Å². The fraction of sp³-hybridized carbons (Fsp3) is 0.280. The topological polar surface area (TPSA) is 93.7 Å².